The van der Waals surface area contributed by atoms with Crippen molar-refractivity contribution in [3.63, 3.8) is 0 Å². The summed E-state index contributed by atoms with van der Waals surface area (Å²) in [5, 5.41) is 1.35. The van der Waals surface area contributed by atoms with Gasteiger partial charge in [-0.25, -0.2) is 0 Å². The van der Waals surface area contributed by atoms with Gasteiger partial charge in [0, 0.05) is 0 Å². The van der Waals surface area contributed by atoms with Crippen molar-refractivity contribution in [2.75, 3.05) is 0 Å². The Kier molecular flexibility index (Phi) is 4.07. The zero-order valence-corrected chi connectivity index (χ0v) is 13.0. The smallest absolute Gasteiger partial charge is 0.0658 e. The molecular weight excluding hydrogens is 196 g/mol. The molecule has 0 nitrogen and oxygen atoms in total. The molecule has 87 valence electrons. The van der Waals surface area contributed by atoms with Crippen LogP contribution in [0.5, 0.6) is 0 Å². The molecule has 0 fully saturated rings. The van der Waals surface area contributed by atoms with Gasteiger partial charge in [0.05, 0.1) is 10.2 Å². The maximum Gasteiger partial charge on any atom is 0.0658 e. The second kappa shape index (κ2) is 4.08. The molecule has 0 amide bonds. The number of rotatable bonds is 0. The molecule has 0 atom stereocenters. The van der Waals surface area contributed by atoms with Crippen LogP contribution in [0, 0.1) is 16.2 Å². The molecule has 0 heterocycles. The highest BCUT2D eigenvalue weighted by atomic mass is 28.1. The first kappa shape index (κ1) is 15.0. The largest absolute Gasteiger partial charge is 0.0829 e. The lowest BCUT2D eigenvalue weighted by atomic mass is 9.69. The Hall–Kier alpha value is -0.0431. The zero-order chi connectivity index (χ0) is 12.7. The summed E-state index contributed by atoms with van der Waals surface area (Å²) in [6, 6.07) is 0. The third-order valence-corrected chi connectivity index (χ3v) is 3.50. The van der Waals surface area contributed by atoms with Gasteiger partial charge in [-0.1, -0.05) is 73.1 Å². The van der Waals surface area contributed by atoms with Crippen molar-refractivity contribution in [2.45, 2.75) is 62.3 Å². The van der Waals surface area contributed by atoms with Crippen LogP contribution in [0.3, 0.4) is 0 Å². The van der Waals surface area contributed by atoms with E-state index in [1.807, 2.05) is 0 Å². The molecule has 0 aromatic rings. The Bertz CT molecular complexity index is 235. The normalized spacial score (nSPS) is 14.0. The van der Waals surface area contributed by atoms with Gasteiger partial charge in [0.2, 0.25) is 0 Å². The molecule has 0 aromatic heterocycles. The van der Waals surface area contributed by atoms with Crippen LogP contribution in [0.4, 0.5) is 0 Å². The van der Waals surface area contributed by atoms with E-state index in [1.165, 1.54) is 10.8 Å². The van der Waals surface area contributed by atoms with Crippen molar-refractivity contribution in [3.8, 4) is 0 Å². The first-order chi connectivity index (χ1) is 6.28. The second-order valence-electron chi connectivity index (χ2n) is 7.50. The van der Waals surface area contributed by atoms with E-state index in [9.17, 15) is 0 Å². The summed E-state index contributed by atoms with van der Waals surface area (Å²) in [5.74, 6) is 0. The number of allylic oxidation sites excluding steroid dienone is 2. The highest BCUT2D eigenvalue weighted by Crippen LogP contribution is 2.44. The molecular formula is C14H27Si. The minimum absolute atomic E-state index is 0.187. The van der Waals surface area contributed by atoms with Gasteiger partial charge in [0.25, 0.3) is 0 Å². The average molecular weight is 223 g/mol. The van der Waals surface area contributed by atoms with E-state index >= 15 is 0 Å². The maximum absolute atomic E-state index is 3.87. The molecule has 0 aliphatic heterocycles. The van der Waals surface area contributed by atoms with E-state index < -0.39 is 0 Å². The summed E-state index contributed by atoms with van der Waals surface area (Å²) >= 11 is 0. The Balaban J connectivity index is 5.71. The molecule has 0 unspecified atom stereocenters. The van der Waals surface area contributed by atoms with Crippen molar-refractivity contribution in [1.82, 2.24) is 0 Å². The van der Waals surface area contributed by atoms with Crippen molar-refractivity contribution in [3.05, 3.63) is 10.8 Å². The summed E-state index contributed by atoms with van der Waals surface area (Å²) in [6.45, 7) is 20.5. The van der Waals surface area contributed by atoms with Gasteiger partial charge in [-0.15, -0.1) is 0 Å². The Labute approximate surface area is 100.0 Å². The molecule has 1 heteroatoms. The second-order valence-corrected chi connectivity index (χ2v) is 8.00. The predicted molar refractivity (Wildman–Crippen MR) is 71.1 cm³/mol. The average Bonchev–Trinajstić information content (AvgIpc) is 1.76. The van der Waals surface area contributed by atoms with Crippen LogP contribution >= 0.6 is 0 Å². The van der Waals surface area contributed by atoms with Crippen molar-refractivity contribution >= 4 is 10.2 Å². The number of hydrogen-bond acceptors (Lipinski definition) is 0. The van der Waals surface area contributed by atoms with E-state index in [4.69, 9.17) is 0 Å². The van der Waals surface area contributed by atoms with E-state index in [2.05, 4.69) is 72.6 Å². The molecule has 0 N–H and O–H groups in total. The van der Waals surface area contributed by atoms with Gasteiger partial charge in [-0.3, -0.25) is 0 Å². The first-order valence-electron chi connectivity index (χ1n) is 5.75. The lowest BCUT2D eigenvalue weighted by molar-refractivity contribution is 0.344. The van der Waals surface area contributed by atoms with Crippen LogP contribution in [0.25, 0.3) is 0 Å². The van der Waals surface area contributed by atoms with Crippen molar-refractivity contribution in [2.24, 2.45) is 16.2 Å². The van der Waals surface area contributed by atoms with Crippen LogP contribution in [0.1, 0.15) is 62.3 Å². The summed E-state index contributed by atoms with van der Waals surface area (Å²) in [7, 11) is 3.87. The van der Waals surface area contributed by atoms with Gasteiger partial charge >= 0.3 is 0 Å². The molecule has 15 heavy (non-hydrogen) atoms. The van der Waals surface area contributed by atoms with Gasteiger partial charge < -0.3 is 0 Å². The Morgan fingerprint density at radius 3 is 0.933 bits per heavy atom. The fraction of sp³-hybridized carbons (Fsp3) is 0.857. The fourth-order valence-electron chi connectivity index (χ4n) is 2.25. The third kappa shape index (κ3) is 4.14. The zero-order valence-electron chi connectivity index (χ0n) is 12.0. The monoisotopic (exact) mass is 223 g/mol. The van der Waals surface area contributed by atoms with Crippen molar-refractivity contribution in [1.29, 1.82) is 0 Å². The molecule has 0 bridgehead atoms. The summed E-state index contributed by atoms with van der Waals surface area (Å²) in [5.41, 5.74) is 2.12. The molecule has 0 aromatic carbocycles. The summed E-state index contributed by atoms with van der Waals surface area (Å²) in [6.07, 6.45) is 0. The Morgan fingerprint density at radius 1 is 0.600 bits per heavy atom. The Morgan fingerprint density at radius 2 is 0.867 bits per heavy atom. The van der Waals surface area contributed by atoms with Gasteiger partial charge in [0.15, 0.2) is 0 Å². The summed E-state index contributed by atoms with van der Waals surface area (Å²) in [4.78, 5) is 0. The van der Waals surface area contributed by atoms with Crippen LogP contribution in [0.15, 0.2) is 10.8 Å². The van der Waals surface area contributed by atoms with Gasteiger partial charge in [-0.2, -0.15) is 0 Å². The minimum atomic E-state index is 0.187. The first-order valence-corrected chi connectivity index (χ1v) is 6.25. The molecule has 0 aliphatic rings. The lowest BCUT2D eigenvalue weighted by Gasteiger charge is -2.39. The molecule has 0 aliphatic carbocycles. The van der Waals surface area contributed by atoms with E-state index in [0.29, 0.717) is 0 Å². The highest BCUT2D eigenvalue weighted by Gasteiger charge is 2.32. The lowest BCUT2D eigenvalue weighted by Crippen LogP contribution is -2.28. The van der Waals surface area contributed by atoms with E-state index in [1.54, 1.807) is 0 Å². The highest BCUT2D eigenvalue weighted by molar-refractivity contribution is 6.22. The van der Waals surface area contributed by atoms with Crippen LogP contribution in [0.2, 0.25) is 0 Å². The van der Waals surface area contributed by atoms with Crippen molar-refractivity contribution < 1.29 is 0 Å². The standard InChI is InChI=1S/C14H27Si/c1-12(2,3)10(13(4,5)6)11(15)14(7,8)9/h1-9H3. The third-order valence-electron chi connectivity index (χ3n) is 2.50. The van der Waals surface area contributed by atoms with Gasteiger partial charge in [0.1, 0.15) is 0 Å². The molecule has 0 spiro atoms. The number of hydrogen-bond donors (Lipinski definition) is 0. The minimum Gasteiger partial charge on any atom is -0.0829 e. The molecule has 0 saturated carbocycles. The van der Waals surface area contributed by atoms with E-state index in [-0.39, 0.29) is 16.2 Å². The topological polar surface area (TPSA) is 0 Å². The molecule has 3 radical (unpaired) electrons. The van der Waals surface area contributed by atoms with Gasteiger partial charge in [-0.05, 0) is 16.2 Å². The maximum atomic E-state index is 3.87. The van der Waals surface area contributed by atoms with Crippen LogP contribution < -0.4 is 0 Å². The van der Waals surface area contributed by atoms with Crippen LogP contribution in [-0.4, -0.2) is 10.2 Å². The SMILES string of the molecule is CC(C)(C)C([Si])=C(C(C)(C)C)C(C)(C)C. The summed E-state index contributed by atoms with van der Waals surface area (Å²) < 4.78 is 0. The molecule has 0 saturated heterocycles. The molecule has 0 rings (SSSR count). The fourth-order valence-corrected chi connectivity index (χ4v) is 3.00. The predicted octanol–water partition coefficient (Wildman–Crippen LogP) is 4.55. The van der Waals surface area contributed by atoms with E-state index in [0.717, 1.165) is 0 Å². The quantitative estimate of drug-likeness (QED) is 0.529. The van der Waals surface area contributed by atoms with Crippen LogP contribution in [-0.2, 0) is 0 Å².